The lowest BCUT2D eigenvalue weighted by molar-refractivity contribution is -0.139. The van der Waals surface area contributed by atoms with Gasteiger partial charge in [0.25, 0.3) is 0 Å². The van der Waals surface area contributed by atoms with Gasteiger partial charge in [0.1, 0.15) is 6.04 Å². The van der Waals surface area contributed by atoms with Crippen molar-refractivity contribution in [2.24, 2.45) is 5.92 Å². The van der Waals surface area contributed by atoms with Gasteiger partial charge in [-0.15, -0.1) is 0 Å². The summed E-state index contributed by atoms with van der Waals surface area (Å²) >= 11 is 0. The molecule has 3 rings (SSSR count). The number of ether oxygens (including phenoxy) is 3. The fraction of sp³-hybridized carbons (Fsp3) is 0.444. The van der Waals surface area contributed by atoms with E-state index in [1.807, 2.05) is 19.9 Å². The highest BCUT2D eigenvalue weighted by Gasteiger charge is 2.30. The molecule has 1 aliphatic carbocycles. The summed E-state index contributed by atoms with van der Waals surface area (Å²) in [5, 5.41) is 15.6. The number of aryl methyl sites for hydroxylation is 1. The molecule has 1 amide bonds. The normalized spacial score (nSPS) is 15.9. The molecule has 0 saturated carbocycles. The zero-order valence-corrected chi connectivity index (χ0v) is 21.6. The number of anilines is 1. The molecule has 0 bridgehead atoms. The summed E-state index contributed by atoms with van der Waals surface area (Å²) in [6.07, 6.45) is 1.75. The Hall–Kier alpha value is -3.75. The predicted octanol–water partition coefficient (Wildman–Crippen LogP) is 3.77. The highest BCUT2D eigenvalue weighted by Crippen LogP contribution is 2.50. The number of carboxylic acids is 1. The monoisotopic (exact) mass is 498 g/mol. The summed E-state index contributed by atoms with van der Waals surface area (Å²) in [5.41, 5.74) is 2.73. The molecule has 3 atom stereocenters. The molecule has 9 heteroatoms. The second kappa shape index (κ2) is 11.3. The number of carboxylic acid groups (broad SMARTS) is 1. The van der Waals surface area contributed by atoms with Crippen LogP contribution in [0.5, 0.6) is 17.2 Å². The van der Waals surface area contributed by atoms with Gasteiger partial charge in [0, 0.05) is 12.5 Å². The number of hydrogen-bond donors (Lipinski definition) is 3. The van der Waals surface area contributed by atoms with Crippen LogP contribution in [0, 0.1) is 5.92 Å². The Morgan fingerprint density at radius 1 is 1.11 bits per heavy atom. The van der Waals surface area contributed by atoms with Gasteiger partial charge in [0.2, 0.25) is 17.1 Å². The molecule has 194 valence electrons. The van der Waals surface area contributed by atoms with Crippen LogP contribution in [0.25, 0.3) is 11.1 Å². The van der Waals surface area contributed by atoms with Gasteiger partial charge in [-0.3, -0.25) is 9.59 Å². The van der Waals surface area contributed by atoms with Gasteiger partial charge in [-0.05, 0) is 53.6 Å². The van der Waals surface area contributed by atoms with Crippen LogP contribution >= 0.6 is 0 Å². The minimum atomic E-state index is -1.03. The summed E-state index contributed by atoms with van der Waals surface area (Å²) in [5.74, 6) is -0.0752. The molecule has 0 unspecified atom stereocenters. The van der Waals surface area contributed by atoms with Gasteiger partial charge in [-0.1, -0.05) is 26.3 Å². The van der Waals surface area contributed by atoms with Crippen molar-refractivity contribution in [2.75, 3.05) is 26.6 Å². The van der Waals surface area contributed by atoms with Crippen LogP contribution < -0.4 is 30.3 Å². The molecular formula is C27H34N2O7. The topological polar surface area (TPSA) is 123 Å². The van der Waals surface area contributed by atoms with Gasteiger partial charge in [-0.25, -0.2) is 4.79 Å². The van der Waals surface area contributed by atoms with Crippen LogP contribution in [0.2, 0.25) is 0 Å². The van der Waals surface area contributed by atoms with Crippen molar-refractivity contribution in [2.45, 2.75) is 52.1 Å². The lowest BCUT2D eigenvalue weighted by Gasteiger charge is -2.20. The summed E-state index contributed by atoms with van der Waals surface area (Å²) in [6, 6.07) is 5.34. The summed E-state index contributed by atoms with van der Waals surface area (Å²) in [6.45, 7) is 5.15. The van der Waals surface area contributed by atoms with E-state index in [0.29, 0.717) is 47.6 Å². The van der Waals surface area contributed by atoms with Gasteiger partial charge in [0.05, 0.1) is 33.1 Å². The fourth-order valence-electron chi connectivity index (χ4n) is 4.68. The average Bonchev–Trinajstić information content (AvgIpc) is 3.09. The maximum atomic E-state index is 13.3. The Morgan fingerprint density at radius 3 is 2.36 bits per heavy atom. The molecule has 1 aliphatic rings. The van der Waals surface area contributed by atoms with Crippen LogP contribution in [0.1, 0.15) is 50.8 Å². The zero-order valence-electron chi connectivity index (χ0n) is 21.6. The minimum Gasteiger partial charge on any atom is -0.493 e. The Kier molecular flexibility index (Phi) is 8.45. The van der Waals surface area contributed by atoms with Crippen molar-refractivity contribution in [3.63, 3.8) is 0 Å². The number of fused-ring (bicyclic) bond motifs is 3. The molecule has 36 heavy (non-hydrogen) atoms. The van der Waals surface area contributed by atoms with Gasteiger partial charge < -0.3 is 30.0 Å². The Balaban J connectivity index is 2.32. The number of nitrogens with one attached hydrogen (secondary N) is 2. The zero-order chi connectivity index (χ0) is 26.6. The fourth-order valence-corrected chi connectivity index (χ4v) is 4.68. The molecule has 0 fully saturated rings. The first-order valence-electron chi connectivity index (χ1n) is 11.9. The van der Waals surface area contributed by atoms with Crippen molar-refractivity contribution in [1.82, 2.24) is 5.32 Å². The summed E-state index contributed by atoms with van der Waals surface area (Å²) < 4.78 is 16.9. The highest BCUT2D eigenvalue weighted by molar-refractivity contribution is 5.84. The molecular weight excluding hydrogens is 464 g/mol. The summed E-state index contributed by atoms with van der Waals surface area (Å²) in [4.78, 5) is 37.3. The molecule has 0 aromatic heterocycles. The van der Waals surface area contributed by atoms with E-state index in [4.69, 9.17) is 14.2 Å². The lowest BCUT2D eigenvalue weighted by Crippen LogP contribution is -2.36. The largest absolute Gasteiger partial charge is 0.493 e. The number of benzene rings is 1. The minimum absolute atomic E-state index is 0.165. The maximum absolute atomic E-state index is 13.3. The first kappa shape index (κ1) is 26.8. The highest BCUT2D eigenvalue weighted by atomic mass is 16.5. The standard InChI is InChI=1S/C27H34N2O7/c1-7-14(2)24(27(32)33)29-20-11-9-17-18(13-21(20)31)19(28-15(3)30)10-8-16-12-22(34-4)25(35-5)26(36-6)23(16)17/h9,11-14,19,24H,7-8,10H2,1-6H3,(H,28,30)(H,29,31)(H,32,33)/t14-,19-,24-/m0/s1. The van der Waals surface area contributed by atoms with Crippen LogP contribution in [0.15, 0.2) is 29.1 Å². The molecule has 0 aliphatic heterocycles. The van der Waals surface area contributed by atoms with E-state index in [1.54, 1.807) is 19.2 Å². The quantitative estimate of drug-likeness (QED) is 0.477. The smallest absolute Gasteiger partial charge is 0.326 e. The number of amides is 1. The van der Waals surface area contributed by atoms with E-state index in [9.17, 15) is 19.5 Å². The number of carbonyl (C=O) groups excluding carboxylic acids is 1. The Labute approximate surface area is 210 Å². The first-order valence-corrected chi connectivity index (χ1v) is 11.9. The molecule has 9 nitrogen and oxygen atoms in total. The molecule has 3 N–H and O–H groups in total. The van der Waals surface area contributed by atoms with E-state index in [-0.39, 0.29) is 22.9 Å². The van der Waals surface area contributed by atoms with Crippen LogP contribution in [0.4, 0.5) is 5.69 Å². The number of aliphatic carboxylic acids is 1. The van der Waals surface area contributed by atoms with Crippen molar-refractivity contribution >= 4 is 17.6 Å². The second-order valence-electron chi connectivity index (χ2n) is 8.94. The maximum Gasteiger partial charge on any atom is 0.326 e. The van der Waals surface area contributed by atoms with E-state index in [1.165, 1.54) is 27.2 Å². The molecule has 2 aromatic rings. The van der Waals surface area contributed by atoms with Crippen LogP contribution in [0.3, 0.4) is 0 Å². The average molecular weight is 499 g/mol. The third-order valence-electron chi connectivity index (χ3n) is 6.71. The number of hydrogen-bond acceptors (Lipinski definition) is 7. The third kappa shape index (κ3) is 5.24. The molecule has 0 spiro atoms. The Morgan fingerprint density at radius 2 is 1.81 bits per heavy atom. The number of rotatable bonds is 9. The van der Waals surface area contributed by atoms with Gasteiger partial charge in [-0.2, -0.15) is 0 Å². The van der Waals surface area contributed by atoms with Crippen LogP contribution in [-0.4, -0.2) is 44.4 Å². The SMILES string of the molecule is CC[C@H](C)[C@H](Nc1ccc2c(cc1=O)[C@@H](NC(C)=O)CCc1cc(OC)c(OC)c(OC)c1-2)C(=O)O. The van der Waals surface area contributed by atoms with Crippen molar-refractivity contribution in [3.8, 4) is 28.4 Å². The lowest BCUT2D eigenvalue weighted by atomic mass is 9.95. The van der Waals surface area contributed by atoms with E-state index >= 15 is 0 Å². The van der Waals surface area contributed by atoms with Gasteiger partial charge >= 0.3 is 5.97 Å². The van der Waals surface area contributed by atoms with Gasteiger partial charge in [0.15, 0.2) is 11.5 Å². The van der Waals surface area contributed by atoms with E-state index in [0.717, 1.165) is 11.1 Å². The number of methoxy groups -OCH3 is 3. The van der Waals surface area contributed by atoms with Crippen molar-refractivity contribution in [3.05, 3.63) is 45.6 Å². The van der Waals surface area contributed by atoms with E-state index in [2.05, 4.69) is 10.6 Å². The van der Waals surface area contributed by atoms with Crippen molar-refractivity contribution in [1.29, 1.82) is 0 Å². The molecule has 0 heterocycles. The Bertz CT molecular complexity index is 1210. The second-order valence-corrected chi connectivity index (χ2v) is 8.94. The first-order chi connectivity index (χ1) is 17.2. The van der Waals surface area contributed by atoms with Crippen molar-refractivity contribution < 1.29 is 28.9 Å². The molecule has 0 saturated heterocycles. The summed E-state index contributed by atoms with van der Waals surface area (Å²) in [7, 11) is 4.60. The van der Waals surface area contributed by atoms with Crippen LogP contribution in [-0.2, 0) is 16.0 Å². The third-order valence-corrected chi connectivity index (χ3v) is 6.71. The predicted molar refractivity (Wildman–Crippen MR) is 137 cm³/mol. The number of carbonyl (C=O) groups is 2. The molecule has 2 aromatic carbocycles. The molecule has 0 radical (unpaired) electrons. The van der Waals surface area contributed by atoms with E-state index < -0.39 is 18.1 Å².